The van der Waals surface area contributed by atoms with Crippen molar-refractivity contribution in [3.63, 3.8) is 0 Å². The molecule has 25 heavy (non-hydrogen) atoms. The number of rotatable bonds is 15. The third-order valence-corrected chi connectivity index (χ3v) is 3.81. The van der Waals surface area contributed by atoms with Gasteiger partial charge in [0.2, 0.25) is 11.8 Å². The van der Waals surface area contributed by atoms with Crippen molar-refractivity contribution in [2.75, 3.05) is 0 Å². The molecule has 2 amide bonds. The third kappa shape index (κ3) is 16.9. The van der Waals surface area contributed by atoms with E-state index in [0.717, 1.165) is 25.7 Å². The zero-order valence-corrected chi connectivity index (χ0v) is 16.3. The van der Waals surface area contributed by atoms with Crippen LogP contribution in [0, 0.1) is 0 Å². The summed E-state index contributed by atoms with van der Waals surface area (Å²) in [7, 11) is 0. The van der Waals surface area contributed by atoms with Crippen LogP contribution in [0.1, 0.15) is 97.8 Å². The number of hydrogen-bond donors (Lipinski definition) is 2. The van der Waals surface area contributed by atoms with E-state index in [4.69, 9.17) is 0 Å². The molecule has 2 N–H and O–H groups in total. The molecule has 0 aromatic rings. The molecule has 0 radical (unpaired) electrons. The largest absolute Gasteiger partial charge is 0.273 e. The van der Waals surface area contributed by atoms with Gasteiger partial charge in [-0.1, -0.05) is 65.2 Å². The third-order valence-electron chi connectivity index (χ3n) is 3.81. The Hall–Kier alpha value is -1.72. The number of hydrazone groups is 2. The molecule has 0 aromatic heterocycles. The molecule has 0 spiro atoms. The van der Waals surface area contributed by atoms with Crippen LogP contribution in [0.25, 0.3) is 0 Å². The summed E-state index contributed by atoms with van der Waals surface area (Å²) < 4.78 is 0. The zero-order valence-electron chi connectivity index (χ0n) is 16.3. The molecule has 0 bridgehead atoms. The Labute approximate surface area is 152 Å². The number of carbonyl (C=O) groups is 2. The fraction of sp³-hybridized carbons (Fsp3) is 0.789. The van der Waals surface area contributed by atoms with Crippen LogP contribution in [0.4, 0.5) is 0 Å². The minimum absolute atomic E-state index is 0.0830. The summed E-state index contributed by atoms with van der Waals surface area (Å²) in [6, 6.07) is 0. The lowest BCUT2D eigenvalue weighted by atomic mass is 10.1. The Morgan fingerprint density at radius 3 is 1.76 bits per heavy atom. The summed E-state index contributed by atoms with van der Waals surface area (Å²) in [6.45, 7) is 6.06. The van der Waals surface area contributed by atoms with Gasteiger partial charge in [-0.05, 0) is 19.8 Å². The normalized spacial score (nSPS) is 11.7. The van der Waals surface area contributed by atoms with Crippen molar-refractivity contribution in [3.8, 4) is 0 Å². The van der Waals surface area contributed by atoms with Gasteiger partial charge in [0.05, 0.1) is 11.9 Å². The van der Waals surface area contributed by atoms with Gasteiger partial charge in [-0.2, -0.15) is 10.2 Å². The molecular weight excluding hydrogens is 316 g/mol. The lowest BCUT2D eigenvalue weighted by Gasteiger charge is -2.01. The van der Waals surface area contributed by atoms with Crippen molar-refractivity contribution < 1.29 is 9.59 Å². The van der Waals surface area contributed by atoms with Crippen molar-refractivity contribution in [1.29, 1.82) is 0 Å². The van der Waals surface area contributed by atoms with E-state index in [9.17, 15) is 9.59 Å². The highest BCUT2D eigenvalue weighted by Crippen LogP contribution is 2.05. The molecule has 0 atom stereocenters. The predicted octanol–water partition coefficient (Wildman–Crippen LogP) is 4.30. The molecule has 0 aliphatic carbocycles. The Bertz CT molecular complexity index is 420. The van der Waals surface area contributed by atoms with Crippen molar-refractivity contribution in [2.24, 2.45) is 10.2 Å². The van der Waals surface area contributed by atoms with Gasteiger partial charge in [0.15, 0.2) is 0 Å². The topological polar surface area (TPSA) is 82.9 Å². The maximum atomic E-state index is 11.6. The monoisotopic (exact) mass is 352 g/mol. The second-order valence-corrected chi connectivity index (χ2v) is 6.41. The lowest BCUT2D eigenvalue weighted by Crippen LogP contribution is -2.20. The van der Waals surface area contributed by atoms with E-state index < -0.39 is 0 Å². The molecule has 0 rings (SSSR count). The quantitative estimate of drug-likeness (QED) is 0.262. The highest BCUT2D eigenvalue weighted by molar-refractivity contribution is 6.29. The van der Waals surface area contributed by atoms with E-state index in [1.165, 1.54) is 44.7 Å². The molecule has 6 nitrogen and oxygen atoms in total. The summed E-state index contributed by atoms with van der Waals surface area (Å²) in [5.41, 5.74) is 5.54. The highest BCUT2D eigenvalue weighted by atomic mass is 16.2. The van der Waals surface area contributed by atoms with Gasteiger partial charge in [0.1, 0.15) is 0 Å². The van der Waals surface area contributed by atoms with Crippen LogP contribution >= 0.6 is 0 Å². The number of nitrogens with zero attached hydrogens (tertiary/aromatic N) is 2. The first kappa shape index (κ1) is 23.3. The second-order valence-electron chi connectivity index (χ2n) is 6.41. The maximum absolute atomic E-state index is 11.6. The van der Waals surface area contributed by atoms with E-state index in [1.807, 2.05) is 0 Å². The molecule has 0 aliphatic rings. The van der Waals surface area contributed by atoms with E-state index in [0.29, 0.717) is 18.6 Å². The Kier molecular flexibility index (Phi) is 15.9. The number of nitrogens with one attached hydrogen (secondary N) is 2. The van der Waals surface area contributed by atoms with Crippen LogP contribution in [0.3, 0.4) is 0 Å². The van der Waals surface area contributed by atoms with Crippen molar-refractivity contribution in [3.05, 3.63) is 0 Å². The van der Waals surface area contributed by atoms with Gasteiger partial charge in [0.25, 0.3) is 0 Å². The molecule has 0 aromatic carbocycles. The average molecular weight is 353 g/mol. The smallest absolute Gasteiger partial charge is 0.240 e. The second kappa shape index (κ2) is 17.1. The van der Waals surface area contributed by atoms with E-state index in [2.05, 4.69) is 34.9 Å². The lowest BCUT2D eigenvalue weighted by molar-refractivity contribution is -0.122. The fourth-order valence-electron chi connectivity index (χ4n) is 2.27. The first-order valence-electron chi connectivity index (χ1n) is 9.75. The van der Waals surface area contributed by atoms with Gasteiger partial charge < -0.3 is 0 Å². The number of carbonyl (C=O) groups excluding carboxylic acids is 2. The first-order valence-corrected chi connectivity index (χ1v) is 9.75. The molecule has 144 valence electrons. The predicted molar refractivity (Wildman–Crippen MR) is 105 cm³/mol. The van der Waals surface area contributed by atoms with Gasteiger partial charge in [-0.25, -0.2) is 10.9 Å². The SMILES string of the molecule is CCCCCCCC(=O)N/N=C/C(C)=N/NC(=O)CCCCCCC. The molecule has 0 aliphatic heterocycles. The van der Waals surface area contributed by atoms with Crippen LogP contribution in [0.2, 0.25) is 0 Å². The summed E-state index contributed by atoms with van der Waals surface area (Å²) in [4.78, 5) is 23.2. The van der Waals surface area contributed by atoms with Gasteiger partial charge in [-0.3, -0.25) is 9.59 Å². The van der Waals surface area contributed by atoms with Crippen LogP contribution in [-0.4, -0.2) is 23.7 Å². The standard InChI is InChI=1S/C19H36N4O2/c1-4-6-8-10-12-14-18(24)22-20-16-17(3)21-23-19(25)15-13-11-9-7-5-2/h16H,4-15H2,1-3H3,(H,22,24)(H,23,25)/b20-16+,21-17+. The van der Waals surface area contributed by atoms with Gasteiger partial charge in [0, 0.05) is 12.8 Å². The summed E-state index contributed by atoms with van der Waals surface area (Å²) in [6.07, 6.45) is 13.6. The minimum Gasteiger partial charge on any atom is -0.273 e. The highest BCUT2D eigenvalue weighted by Gasteiger charge is 2.00. The average Bonchev–Trinajstić information content (AvgIpc) is 2.59. The van der Waals surface area contributed by atoms with Crippen molar-refractivity contribution in [2.45, 2.75) is 97.8 Å². The Morgan fingerprint density at radius 1 is 0.760 bits per heavy atom. The minimum atomic E-state index is -0.0864. The summed E-state index contributed by atoms with van der Waals surface area (Å²) in [5, 5.41) is 7.80. The molecule has 0 heterocycles. The fourth-order valence-corrected chi connectivity index (χ4v) is 2.27. The van der Waals surface area contributed by atoms with Crippen LogP contribution < -0.4 is 10.9 Å². The van der Waals surface area contributed by atoms with E-state index in [-0.39, 0.29) is 11.8 Å². The summed E-state index contributed by atoms with van der Waals surface area (Å²) >= 11 is 0. The molecule has 0 unspecified atom stereocenters. The Morgan fingerprint density at radius 2 is 1.24 bits per heavy atom. The number of unbranched alkanes of at least 4 members (excludes halogenated alkanes) is 8. The van der Waals surface area contributed by atoms with Crippen LogP contribution in [-0.2, 0) is 9.59 Å². The Balaban J connectivity index is 3.78. The molecule has 0 saturated heterocycles. The van der Waals surface area contributed by atoms with Gasteiger partial charge >= 0.3 is 0 Å². The first-order chi connectivity index (χ1) is 12.1. The van der Waals surface area contributed by atoms with Gasteiger partial charge in [-0.15, -0.1) is 0 Å². The molecule has 0 saturated carbocycles. The maximum Gasteiger partial charge on any atom is 0.240 e. The number of amides is 2. The van der Waals surface area contributed by atoms with Crippen molar-refractivity contribution >= 4 is 23.7 Å². The van der Waals surface area contributed by atoms with Crippen molar-refractivity contribution in [1.82, 2.24) is 10.9 Å². The van der Waals surface area contributed by atoms with E-state index >= 15 is 0 Å². The van der Waals surface area contributed by atoms with E-state index in [1.54, 1.807) is 6.92 Å². The van der Waals surface area contributed by atoms with Crippen LogP contribution in [0.15, 0.2) is 10.2 Å². The molecular formula is C19H36N4O2. The molecule has 6 heteroatoms. The van der Waals surface area contributed by atoms with Crippen LogP contribution in [0.5, 0.6) is 0 Å². The molecule has 0 fully saturated rings. The zero-order chi connectivity index (χ0) is 18.8. The number of hydrogen-bond acceptors (Lipinski definition) is 4. The summed E-state index contributed by atoms with van der Waals surface area (Å²) in [5.74, 6) is -0.169.